The molecule has 0 saturated carbocycles. The van der Waals surface area contributed by atoms with E-state index in [9.17, 15) is 0 Å². The summed E-state index contributed by atoms with van der Waals surface area (Å²) >= 11 is 5.89. The van der Waals surface area contributed by atoms with Crippen LogP contribution in [0.25, 0.3) is 4.85 Å². The highest BCUT2D eigenvalue weighted by molar-refractivity contribution is 6.31. The molecule has 0 aliphatic rings. The number of benzene rings is 1. The molecular formula is C11H12ClN. The highest BCUT2D eigenvalue weighted by Crippen LogP contribution is 2.29. The summed E-state index contributed by atoms with van der Waals surface area (Å²) in [6.07, 6.45) is 0. The van der Waals surface area contributed by atoms with E-state index in [4.69, 9.17) is 18.2 Å². The van der Waals surface area contributed by atoms with Gasteiger partial charge in [-0.25, -0.2) is 4.85 Å². The maximum absolute atomic E-state index is 6.91. The minimum absolute atomic E-state index is 0.0460. The van der Waals surface area contributed by atoms with Gasteiger partial charge in [0.1, 0.15) is 0 Å². The van der Waals surface area contributed by atoms with Crippen LogP contribution in [-0.4, -0.2) is 0 Å². The maximum atomic E-state index is 6.91. The summed E-state index contributed by atoms with van der Waals surface area (Å²) in [5.74, 6) is 0. The molecule has 0 aromatic heterocycles. The van der Waals surface area contributed by atoms with E-state index in [1.807, 2.05) is 12.1 Å². The van der Waals surface area contributed by atoms with Gasteiger partial charge in [0.25, 0.3) is 0 Å². The third-order valence-electron chi connectivity index (χ3n) is 1.88. The van der Waals surface area contributed by atoms with Crippen LogP contribution in [0, 0.1) is 6.57 Å². The Morgan fingerprint density at radius 2 is 1.85 bits per heavy atom. The normalized spacial score (nSPS) is 11.0. The Labute approximate surface area is 84.2 Å². The van der Waals surface area contributed by atoms with Crippen LogP contribution in [0.3, 0.4) is 0 Å². The van der Waals surface area contributed by atoms with Gasteiger partial charge in [-0.2, -0.15) is 0 Å². The second kappa shape index (κ2) is 3.40. The molecule has 2 heteroatoms. The number of hydrogen-bond donors (Lipinski definition) is 0. The molecule has 0 spiro atoms. The molecule has 1 rings (SSSR count). The number of rotatable bonds is 0. The summed E-state index contributed by atoms with van der Waals surface area (Å²) in [5, 5.41) is 0.637. The molecule has 1 aromatic carbocycles. The molecule has 0 fully saturated rings. The fraction of sp³-hybridized carbons (Fsp3) is 0.364. The highest BCUT2D eigenvalue weighted by atomic mass is 35.5. The molecule has 0 aliphatic carbocycles. The quantitative estimate of drug-likeness (QED) is 0.545. The van der Waals surface area contributed by atoms with E-state index in [0.717, 1.165) is 5.56 Å². The summed E-state index contributed by atoms with van der Waals surface area (Å²) in [4.78, 5) is 3.37. The van der Waals surface area contributed by atoms with Crippen molar-refractivity contribution in [1.29, 1.82) is 0 Å². The zero-order chi connectivity index (χ0) is 10.1. The van der Waals surface area contributed by atoms with E-state index in [2.05, 4.69) is 25.6 Å². The van der Waals surface area contributed by atoms with Crippen LogP contribution in [0.2, 0.25) is 5.02 Å². The first-order valence-electron chi connectivity index (χ1n) is 4.12. The fourth-order valence-electron chi connectivity index (χ4n) is 1.07. The monoisotopic (exact) mass is 193 g/mol. The van der Waals surface area contributed by atoms with Gasteiger partial charge in [-0.3, -0.25) is 0 Å². The molecule has 0 aliphatic heterocycles. The molecule has 1 aromatic rings. The van der Waals surface area contributed by atoms with Crippen molar-refractivity contribution >= 4 is 17.3 Å². The van der Waals surface area contributed by atoms with Crippen molar-refractivity contribution < 1.29 is 0 Å². The second-order valence-corrected chi connectivity index (χ2v) is 4.50. The van der Waals surface area contributed by atoms with Crippen molar-refractivity contribution in [3.63, 3.8) is 0 Å². The third-order valence-corrected chi connectivity index (χ3v) is 2.10. The lowest BCUT2D eigenvalue weighted by atomic mass is 9.87. The largest absolute Gasteiger partial charge is 0.238 e. The van der Waals surface area contributed by atoms with Gasteiger partial charge in [0.05, 0.1) is 6.57 Å². The van der Waals surface area contributed by atoms with Crippen molar-refractivity contribution in [2.45, 2.75) is 26.2 Å². The Kier molecular flexibility index (Phi) is 2.63. The van der Waals surface area contributed by atoms with E-state index < -0.39 is 0 Å². The molecular weight excluding hydrogens is 182 g/mol. The van der Waals surface area contributed by atoms with Crippen LogP contribution in [-0.2, 0) is 5.41 Å². The van der Waals surface area contributed by atoms with Crippen molar-refractivity contribution in [2.75, 3.05) is 0 Å². The molecule has 0 unspecified atom stereocenters. The Balaban J connectivity index is 3.26. The number of halogens is 1. The zero-order valence-corrected chi connectivity index (χ0v) is 8.81. The molecule has 0 saturated heterocycles. The summed E-state index contributed by atoms with van der Waals surface area (Å²) in [6, 6.07) is 5.49. The van der Waals surface area contributed by atoms with E-state index >= 15 is 0 Å². The summed E-state index contributed by atoms with van der Waals surface area (Å²) in [6.45, 7) is 13.2. The first kappa shape index (κ1) is 10.1. The lowest BCUT2D eigenvalue weighted by Crippen LogP contribution is -2.10. The van der Waals surface area contributed by atoms with Crippen LogP contribution in [0.1, 0.15) is 26.3 Å². The van der Waals surface area contributed by atoms with Gasteiger partial charge in [-0.15, -0.1) is 0 Å². The van der Waals surface area contributed by atoms with Crippen molar-refractivity contribution in [3.05, 3.63) is 40.2 Å². The molecule has 0 atom stereocenters. The van der Waals surface area contributed by atoms with Crippen LogP contribution < -0.4 is 0 Å². The number of nitrogens with zero attached hydrogens (tertiary/aromatic N) is 1. The highest BCUT2D eigenvalue weighted by Gasteiger charge is 2.14. The molecule has 13 heavy (non-hydrogen) atoms. The first-order chi connectivity index (χ1) is 5.93. The van der Waals surface area contributed by atoms with Gasteiger partial charge in [-0.05, 0) is 17.5 Å². The van der Waals surface area contributed by atoms with Gasteiger partial charge >= 0.3 is 0 Å². The summed E-state index contributed by atoms with van der Waals surface area (Å²) < 4.78 is 0. The lowest BCUT2D eigenvalue weighted by Gasteiger charge is -2.19. The average Bonchev–Trinajstić information content (AvgIpc) is 2.01. The zero-order valence-electron chi connectivity index (χ0n) is 8.06. The van der Waals surface area contributed by atoms with E-state index in [-0.39, 0.29) is 5.41 Å². The van der Waals surface area contributed by atoms with Gasteiger partial charge in [0, 0.05) is 5.02 Å². The predicted octanol–water partition coefficient (Wildman–Crippen LogP) is 4.19. The second-order valence-electron chi connectivity index (χ2n) is 4.06. The van der Waals surface area contributed by atoms with Crippen molar-refractivity contribution in [1.82, 2.24) is 0 Å². The van der Waals surface area contributed by atoms with Crippen molar-refractivity contribution in [2.24, 2.45) is 0 Å². The minimum Gasteiger partial charge on any atom is -0.238 e. The van der Waals surface area contributed by atoms with E-state index in [1.165, 1.54) is 0 Å². The van der Waals surface area contributed by atoms with Crippen LogP contribution >= 0.6 is 11.6 Å². The van der Waals surface area contributed by atoms with Crippen LogP contribution in [0.15, 0.2) is 18.2 Å². The smallest absolute Gasteiger partial charge is 0.189 e. The van der Waals surface area contributed by atoms with Gasteiger partial charge in [0.2, 0.25) is 0 Å². The molecule has 68 valence electrons. The topological polar surface area (TPSA) is 4.36 Å². The van der Waals surface area contributed by atoms with Crippen LogP contribution in [0.4, 0.5) is 5.69 Å². The average molecular weight is 194 g/mol. The van der Waals surface area contributed by atoms with E-state index in [0.29, 0.717) is 10.7 Å². The van der Waals surface area contributed by atoms with E-state index in [1.54, 1.807) is 6.07 Å². The predicted molar refractivity (Wildman–Crippen MR) is 56.4 cm³/mol. The molecule has 0 N–H and O–H groups in total. The van der Waals surface area contributed by atoms with Crippen molar-refractivity contribution in [3.8, 4) is 0 Å². The van der Waals surface area contributed by atoms with Gasteiger partial charge in [0.15, 0.2) is 5.69 Å². The summed E-state index contributed by atoms with van der Waals surface area (Å²) in [7, 11) is 0. The molecule has 0 radical (unpaired) electrons. The SMILES string of the molecule is [C-]#[N+]c1cc(Cl)cc(C(C)(C)C)c1. The first-order valence-corrected chi connectivity index (χ1v) is 4.50. The third kappa shape index (κ3) is 2.47. The standard InChI is InChI=1S/C11H12ClN/c1-11(2,3)8-5-9(12)7-10(6-8)13-4/h5-7H,1-3H3. The van der Waals surface area contributed by atoms with Gasteiger partial charge in [-0.1, -0.05) is 44.0 Å². The fourth-order valence-corrected chi connectivity index (χ4v) is 1.30. The Morgan fingerprint density at radius 3 is 2.31 bits per heavy atom. The molecule has 1 nitrogen and oxygen atoms in total. The Hall–Kier alpha value is -1.00. The lowest BCUT2D eigenvalue weighted by molar-refractivity contribution is 0.590. The van der Waals surface area contributed by atoms with Gasteiger partial charge < -0.3 is 0 Å². The molecule has 0 amide bonds. The number of hydrogen-bond acceptors (Lipinski definition) is 0. The summed E-state index contributed by atoms with van der Waals surface area (Å²) in [5.41, 5.74) is 1.76. The molecule has 0 bridgehead atoms. The van der Waals surface area contributed by atoms with Crippen LogP contribution in [0.5, 0.6) is 0 Å². The maximum Gasteiger partial charge on any atom is 0.189 e. The Morgan fingerprint density at radius 1 is 1.23 bits per heavy atom. The Bertz CT molecular complexity index is 355. The minimum atomic E-state index is 0.0460. The molecule has 0 heterocycles.